The lowest BCUT2D eigenvalue weighted by molar-refractivity contribution is -0.146. The van der Waals surface area contributed by atoms with Crippen molar-refractivity contribution in [3.8, 4) is 0 Å². The molecule has 2 unspecified atom stereocenters. The Balaban J connectivity index is 2.02. The molecule has 1 aliphatic heterocycles. The van der Waals surface area contributed by atoms with E-state index in [0.29, 0.717) is 17.9 Å². The van der Waals surface area contributed by atoms with E-state index < -0.39 is 16.1 Å². The minimum atomic E-state index is -3.95. The van der Waals surface area contributed by atoms with Gasteiger partial charge in [0.05, 0.1) is 18.8 Å². The second-order valence-electron chi connectivity index (χ2n) is 5.61. The van der Waals surface area contributed by atoms with Crippen LogP contribution in [0.25, 0.3) is 0 Å². The third kappa shape index (κ3) is 5.19. The highest BCUT2D eigenvalue weighted by atomic mass is 35.5. The van der Waals surface area contributed by atoms with Crippen LogP contribution in [0.3, 0.4) is 0 Å². The molecule has 1 aromatic rings. The first-order valence-corrected chi connectivity index (χ1v) is 8.77. The maximum Gasteiger partial charge on any atom is 0.333 e. The molecule has 1 saturated heterocycles. The molecule has 1 aromatic carbocycles. The van der Waals surface area contributed by atoms with Crippen LogP contribution in [0, 0.1) is 0 Å². The lowest BCUT2D eigenvalue weighted by Gasteiger charge is -2.17. The first-order chi connectivity index (χ1) is 10.2. The maximum atomic E-state index is 10.8. The number of hydrogen-bond acceptors (Lipinski definition) is 5. The molecule has 0 aliphatic carbocycles. The highest BCUT2D eigenvalue weighted by molar-refractivity contribution is 7.84. The fourth-order valence-electron chi connectivity index (χ4n) is 2.49. The molecular weight excluding hydrogens is 330 g/mol. The molecule has 1 aliphatic rings. The molecule has 0 aromatic heterocycles. The third-order valence-electron chi connectivity index (χ3n) is 3.31. The quantitative estimate of drug-likeness (QED) is 0.848. The van der Waals surface area contributed by atoms with Gasteiger partial charge in [-0.05, 0) is 25.5 Å². The summed E-state index contributed by atoms with van der Waals surface area (Å²) in [5.41, 5.74) is 0.952. The summed E-state index contributed by atoms with van der Waals surface area (Å²) in [6.07, 6.45) is 0.394. The lowest BCUT2D eigenvalue weighted by atomic mass is 10.0. The number of rotatable bonds is 6. The number of halogens is 1. The zero-order chi connectivity index (χ0) is 16.4. The summed E-state index contributed by atoms with van der Waals surface area (Å²) < 4.78 is 37.9. The summed E-state index contributed by atoms with van der Waals surface area (Å²) in [5, 5.41) is 5.47. The van der Waals surface area contributed by atoms with E-state index >= 15 is 0 Å². The molecule has 1 fully saturated rings. The maximum absolute atomic E-state index is 10.8. The van der Waals surface area contributed by atoms with Crippen LogP contribution in [-0.2, 0) is 30.4 Å². The topological polar surface area (TPSA) is 87.9 Å². The third-order valence-corrected chi connectivity index (χ3v) is 4.18. The van der Waals surface area contributed by atoms with E-state index in [1.165, 1.54) is 0 Å². The van der Waals surface area contributed by atoms with Crippen molar-refractivity contribution in [1.29, 1.82) is 0 Å². The van der Waals surface area contributed by atoms with E-state index in [-0.39, 0.29) is 18.8 Å². The predicted molar refractivity (Wildman–Crippen MR) is 82.7 cm³/mol. The average molecular weight is 350 g/mol. The van der Waals surface area contributed by atoms with Crippen molar-refractivity contribution in [1.82, 2.24) is 0 Å². The minimum Gasteiger partial charge on any atom is -0.344 e. The zero-order valence-corrected chi connectivity index (χ0v) is 14.1. The number of hydrogen-bond donors (Lipinski definition) is 1. The van der Waals surface area contributed by atoms with Gasteiger partial charge in [0.25, 0.3) is 0 Å². The Morgan fingerprint density at radius 1 is 1.27 bits per heavy atom. The molecule has 1 heterocycles. The monoisotopic (exact) mass is 349 g/mol. The molecule has 2 rings (SSSR count). The van der Waals surface area contributed by atoms with Gasteiger partial charge in [0.15, 0.2) is 5.79 Å². The molecule has 0 radical (unpaired) electrons. The summed E-state index contributed by atoms with van der Waals surface area (Å²) in [5.74, 6) is -0.738. The van der Waals surface area contributed by atoms with Gasteiger partial charge in [-0.1, -0.05) is 29.8 Å². The molecule has 6 nitrogen and oxygen atoms in total. The predicted octanol–water partition coefficient (Wildman–Crippen LogP) is 2.01. The minimum absolute atomic E-state index is 0.0536. The molecule has 0 amide bonds. The van der Waals surface area contributed by atoms with Crippen LogP contribution in [0.2, 0.25) is 5.02 Å². The molecular formula is C14H20ClNO5S. The number of benzene rings is 1. The molecule has 0 spiro atoms. The Morgan fingerprint density at radius 2 is 1.91 bits per heavy atom. The average Bonchev–Trinajstić information content (AvgIpc) is 2.65. The first kappa shape index (κ1) is 17.7. The van der Waals surface area contributed by atoms with E-state index in [2.05, 4.69) is 4.18 Å². The first-order valence-electron chi connectivity index (χ1n) is 6.92. The Labute approximate surface area is 135 Å². The van der Waals surface area contributed by atoms with Gasteiger partial charge in [-0.2, -0.15) is 8.42 Å². The van der Waals surface area contributed by atoms with Crippen molar-refractivity contribution >= 4 is 21.9 Å². The van der Waals surface area contributed by atoms with Gasteiger partial charge < -0.3 is 9.47 Å². The summed E-state index contributed by atoms with van der Waals surface area (Å²) in [4.78, 5) is 0. The fourth-order valence-corrected chi connectivity index (χ4v) is 3.03. The van der Waals surface area contributed by atoms with Gasteiger partial charge in [-0.15, -0.1) is 0 Å². The molecule has 2 atom stereocenters. The Bertz CT molecular complexity index is 619. The van der Waals surface area contributed by atoms with Crippen molar-refractivity contribution in [2.45, 2.75) is 44.7 Å². The number of ether oxygens (including phenoxy) is 2. The normalized spacial score (nSPS) is 24.5. The van der Waals surface area contributed by atoms with E-state index in [4.69, 9.17) is 26.2 Å². The Hall–Kier alpha value is -0.700. The fraction of sp³-hybridized carbons (Fsp3) is 0.571. The standard InChI is InChI=1S/C14H20ClNO5S/c1-14(2)20-12(7-8-19-22(16,17)18)13(21-14)9-10-5-3-4-6-11(10)15/h3-6,12-13H,7-9H2,1-2H3,(H2,16,17,18). The molecule has 2 N–H and O–H groups in total. The molecule has 22 heavy (non-hydrogen) atoms. The lowest BCUT2D eigenvalue weighted by Crippen LogP contribution is -2.27. The highest BCUT2D eigenvalue weighted by Crippen LogP contribution is 2.33. The van der Waals surface area contributed by atoms with Crippen molar-refractivity contribution in [2.75, 3.05) is 6.61 Å². The van der Waals surface area contributed by atoms with E-state index in [1.807, 2.05) is 38.1 Å². The second-order valence-corrected chi connectivity index (χ2v) is 7.24. The van der Waals surface area contributed by atoms with Crippen LogP contribution in [0.5, 0.6) is 0 Å². The van der Waals surface area contributed by atoms with E-state index in [1.54, 1.807) is 0 Å². The van der Waals surface area contributed by atoms with Crippen molar-refractivity contribution in [3.05, 3.63) is 34.9 Å². The molecule has 0 saturated carbocycles. The SMILES string of the molecule is CC1(C)OC(CCOS(N)(=O)=O)C(Cc2ccccc2Cl)O1. The van der Waals surface area contributed by atoms with Crippen LogP contribution in [0.15, 0.2) is 24.3 Å². The van der Waals surface area contributed by atoms with Crippen LogP contribution in [-0.4, -0.2) is 33.0 Å². The van der Waals surface area contributed by atoms with Crippen molar-refractivity contribution in [2.24, 2.45) is 5.14 Å². The zero-order valence-electron chi connectivity index (χ0n) is 12.5. The van der Waals surface area contributed by atoms with Gasteiger partial charge in [-0.3, -0.25) is 4.18 Å². The van der Waals surface area contributed by atoms with E-state index in [0.717, 1.165) is 5.56 Å². The largest absolute Gasteiger partial charge is 0.344 e. The van der Waals surface area contributed by atoms with Crippen LogP contribution >= 0.6 is 11.6 Å². The van der Waals surface area contributed by atoms with Gasteiger partial charge in [0, 0.05) is 17.9 Å². The van der Waals surface area contributed by atoms with Crippen LogP contribution in [0.1, 0.15) is 25.8 Å². The van der Waals surface area contributed by atoms with E-state index in [9.17, 15) is 8.42 Å². The summed E-state index contributed by atoms with van der Waals surface area (Å²) in [7, 11) is -3.95. The van der Waals surface area contributed by atoms with Crippen LogP contribution < -0.4 is 5.14 Å². The molecule has 124 valence electrons. The number of nitrogens with two attached hydrogens (primary N) is 1. The summed E-state index contributed by atoms with van der Waals surface area (Å²) in [6.45, 7) is 3.57. The van der Waals surface area contributed by atoms with Crippen LogP contribution in [0.4, 0.5) is 0 Å². The van der Waals surface area contributed by atoms with Gasteiger partial charge >= 0.3 is 10.3 Å². The molecule has 8 heteroatoms. The smallest absolute Gasteiger partial charge is 0.333 e. The van der Waals surface area contributed by atoms with Crippen molar-refractivity contribution < 1.29 is 22.1 Å². The summed E-state index contributed by atoms with van der Waals surface area (Å²) >= 11 is 6.17. The summed E-state index contributed by atoms with van der Waals surface area (Å²) in [6, 6.07) is 7.51. The van der Waals surface area contributed by atoms with Gasteiger partial charge in [-0.25, -0.2) is 5.14 Å². The Morgan fingerprint density at radius 3 is 2.55 bits per heavy atom. The highest BCUT2D eigenvalue weighted by Gasteiger charge is 2.41. The van der Waals surface area contributed by atoms with Crippen molar-refractivity contribution in [3.63, 3.8) is 0 Å². The Kier molecular flexibility index (Phi) is 5.47. The second kappa shape index (κ2) is 6.82. The molecule has 0 bridgehead atoms. The van der Waals surface area contributed by atoms with Gasteiger partial charge in [0.1, 0.15) is 0 Å². The van der Waals surface area contributed by atoms with Gasteiger partial charge in [0.2, 0.25) is 0 Å².